The van der Waals surface area contributed by atoms with Crippen molar-refractivity contribution in [2.75, 3.05) is 13.2 Å². The quantitative estimate of drug-likeness (QED) is 0.0149. The van der Waals surface area contributed by atoms with Crippen molar-refractivity contribution in [1.29, 1.82) is 0 Å². The van der Waals surface area contributed by atoms with E-state index < -0.39 is 75.7 Å². The second-order valence-corrected chi connectivity index (χ2v) is 17.7. The van der Waals surface area contributed by atoms with Crippen LogP contribution in [0.2, 0.25) is 0 Å². The lowest BCUT2D eigenvalue weighted by Crippen LogP contribution is -2.64. The van der Waals surface area contributed by atoms with Crippen molar-refractivity contribution in [3.63, 3.8) is 0 Å². The summed E-state index contributed by atoms with van der Waals surface area (Å²) in [6.07, 6.45) is 22.7. The van der Waals surface area contributed by atoms with Gasteiger partial charge in [-0.1, -0.05) is 161 Å². The summed E-state index contributed by atoms with van der Waals surface area (Å²) in [7, 11) is -5.11. The molecule has 0 spiro atoms. The Morgan fingerprint density at radius 3 is 1.31 bits per heavy atom. The summed E-state index contributed by atoms with van der Waals surface area (Å²) in [5.41, 5.74) is 0. The average Bonchev–Trinajstić information content (AvgIpc) is 3.20. The lowest BCUT2D eigenvalue weighted by atomic mass is 9.85. The van der Waals surface area contributed by atoms with Crippen LogP contribution in [0.15, 0.2) is 12.2 Å². The van der Waals surface area contributed by atoms with Gasteiger partial charge in [-0.05, 0) is 38.5 Å². The monoisotopic (exact) mass is 851 g/mol. The Morgan fingerprint density at radius 2 is 0.879 bits per heavy atom. The van der Waals surface area contributed by atoms with Crippen molar-refractivity contribution in [3.05, 3.63) is 12.2 Å². The summed E-state index contributed by atoms with van der Waals surface area (Å²) in [5, 5.41) is 50.1. The van der Waals surface area contributed by atoms with Crippen LogP contribution in [-0.4, -0.2) is 98.3 Å². The molecule has 1 aliphatic carbocycles. The molecular weight excluding hydrogens is 767 g/mol. The first-order chi connectivity index (χ1) is 27.9. The second kappa shape index (κ2) is 35.2. The Bertz CT molecular complexity index is 1080. The van der Waals surface area contributed by atoms with Gasteiger partial charge in [-0.25, -0.2) is 4.57 Å². The number of unbranched alkanes of at least 4 members (excludes halogenated alkanes) is 24. The van der Waals surface area contributed by atoms with Crippen LogP contribution in [0.4, 0.5) is 0 Å². The number of ether oxygens (including phenoxy) is 2. The smallest absolute Gasteiger partial charge is 0.462 e. The molecule has 0 aromatic carbocycles. The predicted molar refractivity (Wildman–Crippen MR) is 226 cm³/mol. The lowest BCUT2D eigenvalue weighted by molar-refractivity contribution is -0.220. The minimum atomic E-state index is -5.11. The van der Waals surface area contributed by atoms with Crippen molar-refractivity contribution >= 4 is 19.8 Å². The molecule has 0 radical (unpaired) electrons. The van der Waals surface area contributed by atoms with Crippen molar-refractivity contribution < 1.29 is 63.1 Å². The van der Waals surface area contributed by atoms with Gasteiger partial charge >= 0.3 is 19.8 Å². The molecule has 0 aliphatic heterocycles. The van der Waals surface area contributed by atoms with Crippen molar-refractivity contribution in [1.82, 2.24) is 0 Å². The number of carbonyl (C=O) groups excluding carboxylic acids is 2. The summed E-state index contributed by atoms with van der Waals surface area (Å²) < 4.78 is 33.5. The van der Waals surface area contributed by atoms with Crippen LogP contribution in [0.1, 0.15) is 200 Å². The maximum absolute atomic E-state index is 12.8. The summed E-state index contributed by atoms with van der Waals surface area (Å²) in [5.74, 6) is -1.10. The van der Waals surface area contributed by atoms with E-state index in [-0.39, 0.29) is 12.8 Å². The molecule has 1 rings (SSSR count). The molecule has 1 fully saturated rings. The highest BCUT2D eigenvalue weighted by molar-refractivity contribution is 7.47. The van der Waals surface area contributed by atoms with Crippen molar-refractivity contribution in [2.24, 2.45) is 0 Å². The molecule has 58 heavy (non-hydrogen) atoms. The van der Waals surface area contributed by atoms with E-state index in [1.807, 2.05) is 0 Å². The van der Waals surface area contributed by atoms with Crippen LogP contribution in [0.25, 0.3) is 0 Å². The van der Waals surface area contributed by atoms with Crippen molar-refractivity contribution in [3.8, 4) is 0 Å². The van der Waals surface area contributed by atoms with E-state index >= 15 is 0 Å². The van der Waals surface area contributed by atoms with Gasteiger partial charge in [0.2, 0.25) is 0 Å². The summed E-state index contributed by atoms with van der Waals surface area (Å²) in [4.78, 5) is 35.6. The summed E-state index contributed by atoms with van der Waals surface area (Å²) in [6.45, 7) is 3.29. The fourth-order valence-electron chi connectivity index (χ4n) is 7.11. The SMILES string of the molecule is CCCCCCCC/C=C/CCCCCCCCCC(=O)OC[C@@H](COP(=O)(O)OC1C(O)C(O)C(O)[C@H](O)C1O)OC(=O)CCCCCCCCCCCCCC. The molecule has 6 unspecified atom stereocenters. The number of phosphoric ester groups is 1. The van der Waals surface area contributed by atoms with Gasteiger partial charge in [0.15, 0.2) is 6.10 Å². The molecule has 0 aromatic rings. The largest absolute Gasteiger partial charge is 0.472 e. The Hall–Kier alpha value is -1.41. The zero-order valence-corrected chi connectivity index (χ0v) is 37.0. The van der Waals surface area contributed by atoms with E-state index in [1.165, 1.54) is 103 Å². The number of phosphoric acid groups is 1. The van der Waals surface area contributed by atoms with E-state index in [0.717, 1.165) is 57.8 Å². The number of rotatable bonds is 38. The van der Waals surface area contributed by atoms with Crippen LogP contribution in [0.3, 0.4) is 0 Å². The molecule has 342 valence electrons. The maximum Gasteiger partial charge on any atom is 0.472 e. The number of carbonyl (C=O) groups is 2. The molecule has 0 bridgehead atoms. The maximum atomic E-state index is 12.8. The highest BCUT2D eigenvalue weighted by Crippen LogP contribution is 2.47. The Labute approximate surface area is 350 Å². The van der Waals surface area contributed by atoms with E-state index in [1.54, 1.807) is 0 Å². The first kappa shape index (κ1) is 54.6. The third kappa shape index (κ3) is 27.4. The Morgan fingerprint density at radius 1 is 0.517 bits per heavy atom. The van der Waals surface area contributed by atoms with Crippen LogP contribution >= 0.6 is 7.82 Å². The van der Waals surface area contributed by atoms with Crippen molar-refractivity contribution in [2.45, 2.75) is 243 Å². The Balaban J connectivity index is 2.44. The highest BCUT2D eigenvalue weighted by atomic mass is 31.2. The van der Waals surface area contributed by atoms with Crippen LogP contribution in [0, 0.1) is 0 Å². The average molecular weight is 851 g/mol. The number of hydrogen-bond donors (Lipinski definition) is 6. The van der Waals surface area contributed by atoms with E-state index in [2.05, 4.69) is 26.0 Å². The second-order valence-electron chi connectivity index (χ2n) is 16.3. The van der Waals surface area contributed by atoms with Gasteiger partial charge in [0.05, 0.1) is 6.61 Å². The zero-order valence-electron chi connectivity index (χ0n) is 36.1. The van der Waals surface area contributed by atoms with Gasteiger partial charge in [-0.15, -0.1) is 0 Å². The molecule has 14 heteroatoms. The van der Waals surface area contributed by atoms with E-state index in [9.17, 15) is 44.6 Å². The molecule has 8 atom stereocenters. The molecule has 0 heterocycles. The van der Waals surface area contributed by atoms with Crippen LogP contribution in [-0.2, 0) is 32.7 Å². The minimum absolute atomic E-state index is 0.101. The van der Waals surface area contributed by atoms with Gasteiger partial charge in [0.1, 0.15) is 43.2 Å². The third-order valence-electron chi connectivity index (χ3n) is 10.9. The molecular formula is C44H83O13P. The number of esters is 2. The third-order valence-corrected chi connectivity index (χ3v) is 11.8. The predicted octanol–water partition coefficient (Wildman–Crippen LogP) is 8.67. The zero-order chi connectivity index (χ0) is 42.9. The molecule has 6 N–H and O–H groups in total. The van der Waals surface area contributed by atoms with Gasteiger partial charge in [-0.3, -0.25) is 18.6 Å². The van der Waals surface area contributed by atoms with Gasteiger partial charge in [0.25, 0.3) is 0 Å². The standard InChI is InChI=1S/C44H83O13P/c1-3-5-7-9-11-13-15-17-18-19-20-21-23-24-26-28-30-32-37(45)54-34-36(56-38(46)33-31-29-27-25-22-16-14-12-10-8-6-4-2)35-55-58(52,53)57-44-42(50)40(48)39(47)41(49)43(44)51/h17-18,36,39-44,47-51H,3-16,19-35H2,1-2H3,(H,52,53)/b18-17+/t36-,39?,40-,41?,42?,43?,44?/m0/s1. The Kier molecular flexibility index (Phi) is 33.2. The fourth-order valence-corrected chi connectivity index (χ4v) is 8.08. The first-order valence-corrected chi connectivity index (χ1v) is 24.5. The number of aliphatic hydroxyl groups excluding tert-OH is 5. The van der Waals surface area contributed by atoms with Gasteiger partial charge < -0.3 is 39.9 Å². The summed E-state index contributed by atoms with van der Waals surface area (Å²) in [6, 6.07) is 0. The molecule has 1 aliphatic rings. The van der Waals surface area contributed by atoms with E-state index in [4.69, 9.17) is 18.5 Å². The lowest BCUT2D eigenvalue weighted by Gasteiger charge is -2.41. The van der Waals surface area contributed by atoms with Gasteiger partial charge in [-0.2, -0.15) is 0 Å². The normalized spacial score (nSPS) is 22.6. The molecule has 0 amide bonds. The van der Waals surface area contributed by atoms with Gasteiger partial charge in [0, 0.05) is 12.8 Å². The first-order valence-electron chi connectivity index (χ1n) is 23.0. The topological polar surface area (TPSA) is 210 Å². The minimum Gasteiger partial charge on any atom is -0.462 e. The number of aliphatic hydroxyl groups is 5. The molecule has 0 saturated heterocycles. The summed E-state index contributed by atoms with van der Waals surface area (Å²) >= 11 is 0. The number of hydrogen-bond acceptors (Lipinski definition) is 12. The van der Waals surface area contributed by atoms with Crippen LogP contribution in [0.5, 0.6) is 0 Å². The molecule has 1 saturated carbocycles. The molecule has 0 aromatic heterocycles. The number of allylic oxidation sites excluding steroid dienone is 2. The molecule has 13 nitrogen and oxygen atoms in total. The highest BCUT2D eigenvalue weighted by Gasteiger charge is 2.51. The van der Waals surface area contributed by atoms with E-state index in [0.29, 0.717) is 12.8 Å². The fraction of sp³-hybridized carbons (Fsp3) is 0.909. The van der Waals surface area contributed by atoms with Crippen LogP contribution < -0.4 is 0 Å².